The summed E-state index contributed by atoms with van der Waals surface area (Å²) in [5, 5.41) is 3.10. The van der Waals surface area contributed by atoms with E-state index in [9.17, 15) is 4.79 Å². The fourth-order valence-electron chi connectivity index (χ4n) is 2.08. The highest BCUT2D eigenvalue weighted by atomic mass is 16.5. The quantitative estimate of drug-likeness (QED) is 0.856. The molecule has 0 heterocycles. The molecule has 0 aliphatic rings. The molecule has 0 bridgehead atoms. The maximum absolute atomic E-state index is 11.1. The lowest BCUT2D eigenvalue weighted by Gasteiger charge is -2.10. The van der Waals surface area contributed by atoms with Gasteiger partial charge in [0.25, 0.3) is 0 Å². The van der Waals surface area contributed by atoms with Gasteiger partial charge in [-0.05, 0) is 54.9 Å². The van der Waals surface area contributed by atoms with Crippen LogP contribution in [0, 0.1) is 6.92 Å². The minimum atomic E-state index is -0.411. The third-order valence-electron chi connectivity index (χ3n) is 3.33. The van der Waals surface area contributed by atoms with E-state index in [0.717, 1.165) is 23.4 Å². The molecule has 21 heavy (non-hydrogen) atoms. The number of amides is 1. The lowest BCUT2D eigenvalue weighted by Crippen LogP contribution is -2.11. The molecule has 0 radical (unpaired) electrons. The monoisotopic (exact) mass is 284 g/mol. The highest BCUT2D eigenvalue weighted by molar-refractivity contribution is 5.93. The molecule has 0 aliphatic carbocycles. The third-order valence-corrected chi connectivity index (χ3v) is 3.33. The molecular formula is C17H20N2O2. The van der Waals surface area contributed by atoms with Crippen molar-refractivity contribution in [1.82, 2.24) is 5.32 Å². The number of carbonyl (C=O) groups excluding carboxylic acids is 1. The van der Waals surface area contributed by atoms with Crippen LogP contribution in [0.3, 0.4) is 0 Å². The third kappa shape index (κ3) is 4.07. The molecule has 0 saturated heterocycles. The molecule has 1 amide bonds. The van der Waals surface area contributed by atoms with E-state index in [4.69, 9.17) is 10.5 Å². The topological polar surface area (TPSA) is 64.3 Å². The predicted octanol–water partition coefficient (Wildman–Crippen LogP) is 2.39. The number of benzene rings is 2. The summed E-state index contributed by atoms with van der Waals surface area (Å²) >= 11 is 0. The lowest BCUT2D eigenvalue weighted by molar-refractivity contribution is 0.1000. The first kappa shape index (κ1) is 15.1. The van der Waals surface area contributed by atoms with E-state index in [1.165, 1.54) is 5.56 Å². The van der Waals surface area contributed by atoms with Gasteiger partial charge in [0.05, 0.1) is 0 Å². The van der Waals surface area contributed by atoms with Crippen molar-refractivity contribution < 1.29 is 9.53 Å². The zero-order chi connectivity index (χ0) is 15.2. The molecule has 0 aromatic heterocycles. The number of primary amides is 1. The largest absolute Gasteiger partial charge is 0.489 e. The van der Waals surface area contributed by atoms with E-state index in [-0.39, 0.29) is 0 Å². The lowest BCUT2D eigenvalue weighted by atomic mass is 10.1. The van der Waals surface area contributed by atoms with Crippen molar-refractivity contribution >= 4 is 5.91 Å². The van der Waals surface area contributed by atoms with Crippen molar-refractivity contribution in [3.8, 4) is 5.75 Å². The Morgan fingerprint density at radius 1 is 1.19 bits per heavy atom. The summed E-state index contributed by atoms with van der Waals surface area (Å²) in [6.45, 7) is 3.26. The summed E-state index contributed by atoms with van der Waals surface area (Å²) in [5.41, 5.74) is 9.04. The Kier molecular flexibility index (Phi) is 4.95. The van der Waals surface area contributed by atoms with Crippen molar-refractivity contribution in [2.75, 3.05) is 7.05 Å². The Labute approximate surface area is 124 Å². The molecule has 0 saturated carbocycles. The van der Waals surface area contributed by atoms with Gasteiger partial charge in [-0.2, -0.15) is 0 Å². The van der Waals surface area contributed by atoms with Crippen LogP contribution in [-0.4, -0.2) is 13.0 Å². The SMILES string of the molecule is CNCc1ccc(OCc2ccc(C(N)=O)cc2C)cc1. The summed E-state index contributed by atoms with van der Waals surface area (Å²) in [7, 11) is 1.92. The van der Waals surface area contributed by atoms with Crippen molar-refractivity contribution in [2.45, 2.75) is 20.1 Å². The molecule has 3 N–H and O–H groups in total. The van der Waals surface area contributed by atoms with Gasteiger partial charge < -0.3 is 15.8 Å². The van der Waals surface area contributed by atoms with Crippen LogP contribution < -0.4 is 15.8 Å². The smallest absolute Gasteiger partial charge is 0.248 e. The number of ether oxygens (including phenoxy) is 1. The second kappa shape index (κ2) is 6.90. The average Bonchev–Trinajstić information content (AvgIpc) is 2.47. The van der Waals surface area contributed by atoms with Crippen molar-refractivity contribution in [1.29, 1.82) is 0 Å². The van der Waals surface area contributed by atoms with E-state index < -0.39 is 5.91 Å². The van der Waals surface area contributed by atoms with E-state index in [1.807, 2.05) is 44.3 Å². The van der Waals surface area contributed by atoms with Crippen LogP contribution in [0.25, 0.3) is 0 Å². The highest BCUT2D eigenvalue weighted by Gasteiger charge is 2.05. The molecule has 110 valence electrons. The number of carbonyl (C=O) groups is 1. The maximum atomic E-state index is 11.1. The molecular weight excluding hydrogens is 264 g/mol. The van der Waals surface area contributed by atoms with Gasteiger partial charge in [-0.1, -0.05) is 18.2 Å². The van der Waals surface area contributed by atoms with Gasteiger partial charge in [-0.15, -0.1) is 0 Å². The molecule has 4 heteroatoms. The number of rotatable bonds is 6. The van der Waals surface area contributed by atoms with Gasteiger partial charge >= 0.3 is 0 Å². The Hall–Kier alpha value is -2.33. The average molecular weight is 284 g/mol. The van der Waals surface area contributed by atoms with Gasteiger partial charge in [-0.25, -0.2) is 0 Å². The van der Waals surface area contributed by atoms with Gasteiger partial charge in [0, 0.05) is 12.1 Å². The van der Waals surface area contributed by atoms with Crippen LogP contribution in [0.1, 0.15) is 27.0 Å². The molecule has 0 unspecified atom stereocenters. The molecule has 0 fully saturated rings. The normalized spacial score (nSPS) is 10.4. The fraction of sp³-hybridized carbons (Fsp3) is 0.235. The predicted molar refractivity (Wildman–Crippen MR) is 83.2 cm³/mol. The fourth-order valence-corrected chi connectivity index (χ4v) is 2.08. The Bertz CT molecular complexity index is 621. The molecule has 0 spiro atoms. The number of hydrogen-bond donors (Lipinski definition) is 2. The maximum Gasteiger partial charge on any atom is 0.248 e. The summed E-state index contributed by atoms with van der Waals surface area (Å²) in [6, 6.07) is 13.4. The van der Waals surface area contributed by atoms with E-state index in [2.05, 4.69) is 5.32 Å². The van der Waals surface area contributed by atoms with Crippen LogP contribution in [-0.2, 0) is 13.2 Å². The van der Waals surface area contributed by atoms with Crippen molar-refractivity contribution in [3.05, 3.63) is 64.7 Å². The summed E-state index contributed by atoms with van der Waals surface area (Å²) in [6.07, 6.45) is 0. The number of nitrogens with two attached hydrogens (primary N) is 1. The van der Waals surface area contributed by atoms with Crippen LogP contribution >= 0.6 is 0 Å². The molecule has 2 aromatic carbocycles. The van der Waals surface area contributed by atoms with Crippen LogP contribution in [0.2, 0.25) is 0 Å². The zero-order valence-electron chi connectivity index (χ0n) is 12.3. The molecule has 0 aliphatic heterocycles. The first-order valence-corrected chi connectivity index (χ1v) is 6.86. The summed E-state index contributed by atoms with van der Waals surface area (Å²) < 4.78 is 5.77. The van der Waals surface area contributed by atoms with Gasteiger partial charge in [0.2, 0.25) is 5.91 Å². The molecule has 2 rings (SSSR count). The minimum absolute atomic E-state index is 0.411. The zero-order valence-corrected chi connectivity index (χ0v) is 12.3. The van der Waals surface area contributed by atoms with Gasteiger partial charge in [0.1, 0.15) is 12.4 Å². The van der Waals surface area contributed by atoms with Gasteiger partial charge in [0.15, 0.2) is 0 Å². The van der Waals surface area contributed by atoms with E-state index in [1.54, 1.807) is 12.1 Å². The van der Waals surface area contributed by atoms with E-state index >= 15 is 0 Å². The Morgan fingerprint density at radius 2 is 1.90 bits per heavy atom. The Balaban J connectivity index is 2.01. The first-order chi connectivity index (χ1) is 10.1. The second-order valence-electron chi connectivity index (χ2n) is 4.97. The van der Waals surface area contributed by atoms with Crippen molar-refractivity contribution in [3.63, 3.8) is 0 Å². The second-order valence-corrected chi connectivity index (χ2v) is 4.97. The van der Waals surface area contributed by atoms with Crippen LogP contribution in [0.15, 0.2) is 42.5 Å². The Morgan fingerprint density at radius 3 is 2.48 bits per heavy atom. The number of aryl methyl sites for hydroxylation is 1. The number of nitrogens with one attached hydrogen (secondary N) is 1. The summed E-state index contributed by atoms with van der Waals surface area (Å²) in [5.74, 6) is 0.416. The van der Waals surface area contributed by atoms with Gasteiger partial charge in [-0.3, -0.25) is 4.79 Å². The van der Waals surface area contributed by atoms with Crippen molar-refractivity contribution in [2.24, 2.45) is 5.73 Å². The number of hydrogen-bond acceptors (Lipinski definition) is 3. The van der Waals surface area contributed by atoms with E-state index in [0.29, 0.717) is 12.2 Å². The minimum Gasteiger partial charge on any atom is -0.489 e. The molecule has 0 atom stereocenters. The molecule has 2 aromatic rings. The standard InChI is InChI=1S/C17H20N2O2/c1-12-9-14(17(18)20)5-6-15(12)11-21-16-7-3-13(4-8-16)10-19-2/h3-9,19H,10-11H2,1-2H3,(H2,18,20). The first-order valence-electron chi connectivity index (χ1n) is 6.86. The highest BCUT2D eigenvalue weighted by Crippen LogP contribution is 2.17. The van der Waals surface area contributed by atoms with Crippen LogP contribution in [0.5, 0.6) is 5.75 Å². The summed E-state index contributed by atoms with van der Waals surface area (Å²) in [4.78, 5) is 11.1. The molecule has 4 nitrogen and oxygen atoms in total. The van der Waals surface area contributed by atoms with Crippen LogP contribution in [0.4, 0.5) is 0 Å².